The summed E-state index contributed by atoms with van der Waals surface area (Å²) in [5, 5.41) is 5.85. The fraction of sp³-hybridized carbons (Fsp3) is 0.263. The molecule has 3 heterocycles. The normalized spacial score (nSPS) is 14.9. The predicted octanol–water partition coefficient (Wildman–Crippen LogP) is 4.15. The Balaban J connectivity index is 1.35. The van der Waals surface area contributed by atoms with Crippen molar-refractivity contribution in [1.29, 1.82) is 0 Å². The van der Waals surface area contributed by atoms with Gasteiger partial charge in [0.15, 0.2) is 5.82 Å². The van der Waals surface area contributed by atoms with Crippen molar-refractivity contribution in [2.45, 2.75) is 18.8 Å². The highest BCUT2D eigenvalue weighted by atomic mass is 32.1. The Morgan fingerprint density at radius 2 is 1.96 bits per heavy atom. The average Bonchev–Trinajstić information content (AvgIpc) is 3.20. The number of amides is 2. The minimum Gasteiger partial charge on any atom is -0.324 e. The molecule has 6 nitrogen and oxygen atoms in total. The number of nitrogens with one attached hydrogen (secondary N) is 1. The Morgan fingerprint density at radius 3 is 2.67 bits per heavy atom. The van der Waals surface area contributed by atoms with E-state index in [1.807, 2.05) is 5.38 Å². The molecule has 2 aromatic heterocycles. The van der Waals surface area contributed by atoms with Crippen LogP contribution >= 0.6 is 11.3 Å². The number of carbonyl (C=O) groups excluding carboxylic acids is 1. The van der Waals surface area contributed by atoms with E-state index in [0.29, 0.717) is 24.8 Å². The van der Waals surface area contributed by atoms with Crippen LogP contribution in [0.4, 0.5) is 15.0 Å². The van der Waals surface area contributed by atoms with Crippen molar-refractivity contribution in [2.75, 3.05) is 18.4 Å². The van der Waals surface area contributed by atoms with Crippen LogP contribution in [-0.4, -0.2) is 39.0 Å². The van der Waals surface area contributed by atoms with E-state index in [0.717, 1.165) is 29.1 Å². The molecule has 0 atom stereocenters. The summed E-state index contributed by atoms with van der Waals surface area (Å²) in [5.41, 5.74) is 1.79. The van der Waals surface area contributed by atoms with Crippen molar-refractivity contribution in [3.8, 4) is 11.3 Å². The van der Waals surface area contributed by atoms with Crippen LogP contribution in [0.25, 0.3) is 11.3 Å². The number of benzene rings is 1. The predicted molar refractivity (Wildman–Crippen MR) is 102 cm³/mol. The quantitative estimate of drug-likeness (QED) is 0.738. The molecule has 1 N–H and O–H groups in total. The van der Waals surface area contributed by atoms with Gasteiger partial charge in [0.05, 0.1) is 16.9 Å². The second-order valence-electron chi connectivity index (χ2n) is 6.36. The lowest BCUT2D eigenvalue weighted by molar-refractivity contribution is 0.194. The van der Waals surface area contributed by atoms with Gasteiger partial charge in [-0.15, -0.1) is 11.3 Å². The Morgan fingerprint density at radius 1 is 1.19 bits per heavy atom. The number of halogens is 1. The van der Waals surface area contributed by atoms with Crippen LogP contribution in [0.2, 0.25) is 0 Å². The van der Waals surface area contributed by atoms with E-state index in [1.54, 1.807) is 40.8 Å². The lowest BCUT2D eigenvalue weighted by Crippen LogP contribution is -2.40. The summed E-state index contributed by atoms with van der Waals surface area (Å²) in [6, 6.07) is 6.23. The highest BCUT2D eigenvalue weighted by Gasteiger charge is 2.26. The Kier molecular flexibility index (Phi) is 5.06. The molecule has 1 aromatic carbocycles. The number of piperidine rings is 1. The standard InChI is InChI=1S/C19H18FN5OS/c20-15-3-1-13(2-4-15)16-12-27-18(23-16)14-5-9-25(10-6-14)19(26)24-17-11-21-7-8-22-17/h1-4,7-8,11-12,14H,5-6,9-10H2,(H,22,24,26). The zero-order valence-corrected chi connectivity index (χ0v) is 15.3. The zero-order chi connectivity index (χ0) is 18.6. The van der Waals surface area contributed by atoms with Gasteiger partial charge in [0.25, 0.3) is 0 Å². The molecule has 1 fully saturated rings. The second kappa shape index (κ2) is 7.79. The molecule has 0 aliphatic carbocycles. The van der Waals surface area contributed by atoms with E-state index in [9.17, 15) is 9.18 Å². The third kappa shape index (κ3) is 4.11. The van der Waals surface area contributed by atoms with Gasteiger partial charge < -0.3 is 4.90 Å². The number of likely N-dealkylation sites (tertiary alicyclic amines) is 1. The van der Waals surface area contributed by atoms with Crippen LogP contribution in [0.3, 0.4) is 0 Å². The van der Waals surface area contributed by atoms with Gasteiger partial charge in [0.2, 0.25) is 0 Å². The molecule has 1 aliphatic rings. The first kappa shape index (κ1) is 17.5. The second-order valence-corrected chi connectivity index (χ2v) is 7.25. The van der Waals surface area contributed by atoms with E-state index in [4.69, 9.17) is 4.98 Å². The average molecular weight is 383 g/mol. The maximum atomic E-state index is 13.1. The van der Waals surface area contributed by atoms with Crippen molar-refractivity contribution < 1.29 is 9.18 Å². The van der Waals surface area contributed by atoms with Gasteiger partial charge in [0, 0.05) is 42.3 Å². The van der Waals surface area contributed by atoms with E-state index < -0.39 is 0 Å². The minimum atomic E-state index is -0.249. The largest absolute Gasteiger partial charge is 0.324 e. The van der Waals surface area contributed by atoms with Crippen LogP contribution in [0, 0.1) is 5.82 Å². The smallest absolute Gasteiger partial charge is 0.323 e. The van der Waals surface area contributed by atoms with Gasteiger partial charge >= 0.3 is 6.03 Å². The first-order chi connectivity index (χ1) is 13.2. The molecule has 2 amide bonds. The van der Waals surface area contributed by atoms with Gasteiger partial charge in [-0.1, -0.05) is 0 Å². The highest BCUT2D eigenvalue weighted by molar-refractivity contribution is 7.10. The molecule has 138 valence electrons. The summed E-state index contributed by atoms with van der Waals surface area (Å²) in [4.78, 5) is 26.9. The summed E-state index contributed by atoms with van der Waals surface area (Å²) in [7, 11) is 0. The number of urea groups is 1. The van der Waals surface area contributed by atoms with Gasteiger partial charge in [0.1, 0.15) is 5.82 Å². The lowest BCUT2D eigenvalue weighted by Gasteiger charge is -2.30. The lowest BCUT2D eigenvalue weighted by atomic mass is 9.98. The van der Waals surface area contributed by atoms with Gasteiger partial charge in [-0.2, -0.15) is 0 Å². The number of aromatic nitrogens is 3. The number of carbonyl (C=O) groups is 1. The molecule has 8 heteroatoms. The third-order valence-corrected chi connectivity index (χ3v) is 5.60. The van der Waals surface area contributed by atoms with Crippen molar-refractivity contribution in [3.63, 3.8) is 0 Å². The molecule has 0 radical (unpaired) electrons. The molecule has 4 rings (SSSR count). The van der Waals surface area contributed by atoms with Crippen molar-refractivity contribution >= 4 is 23.2 Å². The third-order valence-electron chi connectivity index (χ3n) is 4.59. The Bertz CT molecular complexity index is 907. The van der Waals surface area contributed by atoms with Crippen molar-refractivity contribution in [2.24, 2.45) is 0 Å². The number of hydrogen-bond donors (Lipinski definition) is 1. The molecular formula is C19H18FN5OS. The SMILES string of the molecule is O=C(Nc1cnccn1)N1CCC(c2nc(-c3ccc(F)cc3)cs2)CC1. The van der Waals surface area contributed by atoms with Gasteiger partial charge in [-0.3, -0.25) is 10.3 Å². The number of anilines is 1. The monoisotopic (exact) mass is 383 g/mol. The minimum absolute atomic E-state index is 0.153. The van der Waals surface area contributed by atoms with Crippen LogP contribution in [-0.2, 0) is 0 Å². The summed E-state index contributed by atoms with van der Waals surface area (Å²) in [5.74, 6) is 0.541. The van der Waals surface area contributed by atoms with E-state index in [-0.39, 0.29) is 11.8 Å². The number of rotatable bonds is 3. The van der Waals surface area contributed by atoms with E-state index in [1.165, 1.54) is 18.3 Å². The van der Waals surface area contributed by atoms with Crippen molar-refractivity contribution in [3.05, 3.63) is 59.1 Å². The molecule has 3 aromatic rings. The summed E-state index contributed by atoms with van der Waals surface area (Å²) < 4.78 is 13.1. The summed E-state index contributed by atoms with van der Waals surface area (Å²) in [6.45, 7) is 1.34. The molecular weight excluding hydrogens is 365 g/mol. The first-order valence-corrected chi connectivity index (χ1v) is 9.60. The molecule has 0 bridgehead atoms. The molecule has 1 saturated heterocycles. The number of nitrogens with zero attached hydrogens (tertiary/aromatic N) is 4. The van der Waals surface area contributed by atoms with Crippen LogP contribution in [0.1, 0.15) is 23.8 Å². The van der Waals surface area contributed by atoms with Gasteiger partial charge in [-0.05, 0) is 37.1 Å². The zero-order valence-electron chi connectivity index (χ0n) is 14.5. The molecule has 1 aliphatic heterocycles. The molecule has 27 heavy (non-hydrogen) atoms. The topological polar surface area (TPSA) is 71.0 Å². The van der Waals surface area contributed by atoms with Crippen molar-refractivity contribution in [1.82, 2.24) is 19.9 Å². The summed E-state index contributed by atoms with van der Waals surface area (Å²) >= 11 is 1.63. The van der Waals surface area contributed by atoms with Crippen LogP contribution in [0.15, 0.2) is 48.2 Å². The van der Waals surface area contributed by atoms with E-state index in [2.05, 4.69) is 15.3 Å². The number of thiazole rings is 1. The molecule has 0 saturated carbocycles. The summed E-state index contributed by atoms with van der Waals surface area (Å²) in [6.07, 6.45) is 6.37. The van der Waals surface area contributed by atoms with Crippen LogP contribution in [0.5, 0.6) is 0 Å². The highest BCUT2D eigenvalue weighted by Crippen LogP contribution is 2.33. The van der Waals surface area contributed by atoms with Gasteiger partial charge in [-0.25, -0.2) is 19.2 Å². The molecule has 0 unspecified atom stereocenters. The fourth-order valence-electron chi connectivity index (χ4n) is 3.11. The van der Waals surface area contributed by atoms with Crippen LogP contribution < -0.4 is 5.32 Å². The van der Waals surface area contributed by atoms with E-state index >= 15 is 0 Å². The Hall–Kier alpha value is -2.87. The fourth-order valence-corrected chi connectivity index (χ4v) is 4.11. The Labute approximate surface area is 160 Å². The first-order valence-electron chi connectivity index (χ1n) is 8.72. The maximum Gasteiger partial charge on any atom is 0.323 e. The molecule has 0 spiro atoms. The number of hydrogen-bond acceptors (Lipinski definition) is 5. The maximum absolute atomic E-state index is 13.1.